The Morgan fingerprint density at radius 1 is 0.717 bits per heavy atom. The number of hydrogen-bond acceptors (Lipinski definition) is 7. The molecule has 0 aromatic heterocycles. The summed E-state index contributed by atoms with van der Waals surface area (Å²) in [7, 11) is 0. The Balaban J connectivity index is 1.65. The van der Waals surface area contributed by atoms with Crippen LogP contribution in [0, 0.1) is 5.41 Å². The van der Waals surface area contributed by atoms with Gasteiger partial charge in [-0.1, -0.05) is 114 Å². The Morgan fingerprint density at radius 2 is 1.33 bits per heavy atom. The minimum absolute atomic E-state index is 0.127. The maximum atomic E-state index is 12.2. The summed E-state index contributed by atoms with van der Waals surface area (Å²) >= 11 is 0. The lowest BCUT2D eigenvalue weighted by Gasteiger charge is -2.30. The Bertz CT molecular complexity index is 1890. The largest absolute Gasteiger partial charge is 0.493 e. The second kappa shape index (κ2) is 24.5. The Labute approximate surface area is 360 Å². The summed E-state index contributed by atoms with van der Waals surface area (Å²) in [6.07, 6.45) is 18.0. The average Bonchev–Trinajstić information content (AvgIpc) is 3.26. The maximum absolute atomic E-state index is 12.2. The van der Waals surface area contributed by atoms with Crippen LogP contribution in [0.2, 0.25) is 0 Å². The van der Waals surface area contributed by atoms with E-state index >= 15 is 0 Å². The quantitative estimate of drug-likeness (QED) is 0.0472. The van der Waals surface area contributed by atoms with Crippen LogP contribution in [0.25, 0.3) is 16.7 Å². The molecule has 0 aliphatic heterocycles. The molecule has 1 unspecified atom stereocenters. The van der Waals surface area contributed by atoms with E-state index in [0.29, 0.717) is 62.2 Å². The number of hydrogen-bond donors (Lipinski definition) is 2. The second-order valence-corrected chi connectivity index (χ2v) is 16.6. The van der Waals surface area contributed by atoms with Gasteiger partial charge in [-0.15, -0.1) is 0 Å². The van der Waals surface area contributed by atoms with Crippen molar-refractivity contribution < 1.29 is 34.0 Å². The zero-order chi connectivity index (χ0) is 43.5. The summed E-state index contributed by atoms with van der Waals surface area (Å²) in [6.45, 7) is 17.7. The topological polar surface area (TPSA) is 102 Å². The van der Waals surface area contributed by atoms with Gasteiger partial charge in [-0.05, 0) is 140 Å². The van der Waals surface area contributed by atoms with Gasteiger partial charge >= 0.3 is 11.9 Å². The van der Waals surface area contributed by atoms with Gasteiger partial charge in [0.05, 0.1) is 33.0 Å². The molecule has 324 valence electrons. The van der Waals surface area contributed by atoms with E-state index in [1.165, 1.54) is 47.1 Å². The summed E-state index contributed by atoms with van der Waals surface area (Å²) < 4.78 is 17.6. The fraction of sp³-hybridized carbons (Fsp3) is 0.472. The van der Waals surface area contributed by atoms with Crippen molar-refractivity contribution in [3.63, 3.8) is 0 Å². The van der Waals surface area contributed by atoms with E-state index in [9.17, 15) is 19.8 Å². The van der Waals surface area contributed by atoms with Crippen molar-refractivity contribution in [2.75, 3.05) is 33.0 Å². The van der Waals surface area contributed by atoms with Crippen LogP contribution in [0.4, 0.5) is 0 Å². The van der Waals surface area contributed by atoms with Crippen molar-refractivity contribution in [1.29, 1.82) is 0 Å². The van der Waals surface area contributed by atoms with Gasteiger partial charge in [0.15, 0.2) is 0 Å². The number of carbonyl (C=O) groups is 2. The molecule has 7 nitrogen and oxygen atoms in total. The molecule has 0 amide bonds. The monoisotopic (exact) mass is 819 g/mol. The third-order valence-electron chi connectivity index (χ3n) is 11.6. The van der Waals surface area contributed by atoms with Gasteiger partial charge in [-0.25, -0.2) is 9.59 Å². The number of unbranched alkanes of at least 4 members (excludes halogenated alkanes) is 2. The molecule has 3 aromatic carbocycles. The van der Waals surface area contributed by atoms with Crippen LogP contribution in [-0.4, -0.2) is 55.2 Å². The average molecular weight is 819 g/mol. The van der Waals surface area contributed by atoms with E-state index in [-0.39, 0.29) is 26.4 Å². The maximum Gasteiger partial charge on any atom is 0.333 e. The van der Waals surface area contributed by atoms with Gasteiger partial charge in [-0.3, -0.25) is 0 Å². The van der Waals surface area contributed by atoms with Crippen LogP contribution < -0.4 is 4.74 Å². The first-order chi connectivity index (χ1) is 29.0. The molecule has 60 heavy (non-hydrogen) atoms. The smallest absolute Gasteiger partial charge is 0.333 e. The molecule has 0 radical (unpaired) electrons. The summed E-state index contributed by atoms with van der Waals surface area (Å²) in [5.41, 5.74) is 10.7. The van der Waals surface area contributed by atoms with Gasteiger partial charge in [0.1, 0.15) is 5.75 Å². The lowest BCUT2D eigenvalue weighted by molar-refractivity contribution is -0.139. The highest BCUT2D eigenvalue weighted by atomic mass is 16.5. The first-order valence-corrected chi connectivity index (χ1v) is 22.2. The molecular formula is C53H70O7. The number of benzene rings is 3. The molecule has 0 bridgehead atoms. The number of esters is 2. The second-order valence-electron chi connectivity index (χ2n) is 16.6. The van der Waals surface area contributed by atoms with Crippen molar-refractivity contribution in [3.05, 3.63) is 131 Å². The highest BCUT2D eigenvalue weighted by Crippen LogP contribution is 2.38. The van der Waals surface area contributed by atoms with E-state index in [4.69, 9.17) is 14.2 Å². The molecule has 1 atom stereocenters. The number of rotatable bonds is 26. The van der Waals surface area contributed by atoms with Crippen molar-refractivity contribution >= 4 is 17.5 Å². The molecule has 1 aliphatic carbocycles. The molecule has 3 aromatic rings. The van der Waals surface area contributed by atoms with Gasteiger partial charge in [0.25, 0.3) is 0 Å². The van der Waals surface area contributed by atoms with Crippen molar-refractivity contribution in [3.8, 4) is 16.9 Å². The number of aliphatic hydroxyl groups is 2. The highest BCUT2D eigenvalue weighted by Gasteiger charge is 2.28. The van der Waals surface area contributed by atoms with Crippen LogP contribution in [0.1, 0.15) is 132 Å². The number of carbonyl (C=O) groups excluding carboxylic acids is 2. The van der Waals surface area contributed by atoms with Crippen LogP contribution >= 0.6 is 0 Å². The van der Waals surface area contributed by atoms with Crippen molar-refractivity contribution in [2.45, 2.75) is 124 Å². The standard InChI is InChI=1S/C53H70O7/c1-8-11-12-15-40-18-20-42(21-19-40)43-22-24-44(25-23-43)45-26-27-49(41(10-3)33-45)48-34-46(16-13-30-59-51(56)38(4)5)50(58-32-29-53(36-54,37-55)28-9-2)47(35-48)17-14-31-60-52(57)39(6)7/h18-22,24-27,33-35,43,54-55H,4,6,8-17,23,28-32,36-37H2,1-3,5,7H3. The number of allylic oxidation sites excluding steroid dienone is 4. The summed E-state index contributed by atoms with van der Waals surface area (Å²) in [5.74, 6) is 0.280. The summed E-state index contributed by atoms with van der Waals surface area (Å²) in [6, 6.07) is 20.3. The zero-order valence-electron chi connectivity index (χ0n) is 37.1. The minimum Gasteiger partial charge on any atom is -0.493 e. The molecule has 2 N–H and O–H groups in total. The highest BCUT2D eigenvalue weighted by molar-refractivity contribution is 5.87. The molecule has 7 heteroatoms. The molecule has 4 rings (SSSR count). The zero-order valence-corrected chi connectivity index (χ0v) is 37.1. The molecule has 0 saturated heterocycles. The Morgan fingerprint density at radius 3 is 1.85 bits per heavy atom. The SMILES string of the molecule is C=C(C)C(=O)OCCCc1cc(-c2ccc(C3=CCC(c4ccc(CCCCC)cc4)C=C3)cc2CC)cc(CCCOC(=O)C(=C)C)c1OCCC(CO)(CO)CCC. The first-order valence-electron chi connectivity index (χ1n) is 22.2. The molecule has 0 fully saturated rings. The number of aryl methyl sites for hydroxylation is 4. The predicted octanol–water partition coefficient (Wildman–Crippen LogP) is 11.4. The van der Waals surface area contributed by atoms with Crippen LogP contribution in [0.15, 0.2) is 97.1 Å². The van der Waals surface area contributed by atoms with E-state index in [1.807, 2.05) is 6.92 Å². The van der Waals surface area contributed by atoms with Crippen molar-refractivity contribution in [2.24, 2.45) is 5.41 Å². The fourth-order valence-corrected chi connectivity index (χ4v) is 7.90. The number of aliphatic hydroxyl groups excluding tert-OH is 2. The third kappa shape index (κ3) is 13.9. The lowest BCUT2D eigenvalue weighted by Crippen LogP contribution is -2.31. The van der Waals surface area contributed by atoms with Crippen LogP contribution in [-0.2, 0) is 44.7 Å². The third-order valence-corrected chi connectivity index (χ3v) is 11.6. The summed E-state index contributed by atoms with van der Waals surface area (Å²) in [5, 5.41) is 20.5. The minimum atomic E-state index is -0.636. The summed E-state index contributed by atoms with van der Waals surface area (Å²) in [4.78, 5) is 24.4. The van der Waals surface area contributed by atoms with E-state index in [1.54, 1.807) is 13.8 Å². The normalized spacial score (nSPS) is 13.8. The van der Waals surface area contributed by atoms with Gasteiger partial charge < -0.3 is 24.4 Å². The van der Waals surface area contributed by atoms with E-state index in [0.717, 1.165) is 53.7 Å². The van der Waals surface area contributed by atoms with Gasteiger partial charge in [0.2, 0.25) is 0 Å². The van der Waals surface area contributed by atoms with Gasteiger partial charge in [-0.2, -0.15) is 0 Å². The lowest BCUT2D eigenvalue weighted by atomic mass is 9.82. The van der Waals surface area contributed by atoms with Crippen LogP contribution in [0.3, 0.4) is 0 Å². The molecular weight excluding hydrogens is 749 g/mol. The van der Waals surface area contributed by atoms with E-state index in [2.05, 4.69) is 99.8 Å². The molecule has 0 saturated carbocycles. The Kier molecular flexibility index (Phi) is 19.6. The van der Waals surface area contributed by atoms with Crippen LogP contribution in [0.5, 0.6) is 5.75 Å². The van der Waals surface area contributed by atoms with E-state index < -0.39 is 17.4 Å². The molecule has 1 aliphatic rings. The van der Waals surface area contributed by atoms with Gasteiger partial charge in [0, 0.05) is 22.5 Å². The first kappa shape index (κ1) is 48.0. The van der Waals surface area contributed by atoms with Crippen molar-refractivity contribution in [1.82, 2.24) is 0 Å². The Hall–Kier alpha value is -4.72. The molecule has 0 spiro atoms. The fourth-order valence-electron chi connectivity index (χ4n) is 7.90. The predicted molar refractivity (Wildman–Crippen MR) is 245 cm³/mol. The molecule has 0 heterocycles. The number of ether oxygens (including phenoxy) is 3.